The number of carbonyl (C=O) groups is 3. The Balaban J connectivity index is 1.39. The number of aryl methyl sites for hydroxylation is 1. The normalized spacial score (nSPS) is 27.6. The Labute approximate surface area is 363 Å². The number of aliphatic hydroxyl groups is 4. The van der Waals surface area contributed by atoms with Gasteiger partial charge in [-0.3, -0.25) is 9.59 Å². The molecule has 6 N–H and O–H groups in total. The van der Waals surface area contributed by atoms with Crippen LogP contribution < -0.4 is 10.1 Å². The fraction of sp³-hybridized carbons (Fsp3) is 0.510. The summed E-state index contributed by atoms with van der Waals surface area (Å²) in [5, 5.41) is 61.3. The molecule has 3 aliphatic heterocycles. The lowest BCUT2D eigenvalue weighted by Gasteiger charge is -2.45. The van der Waals surface area contributed by atoms with Gasteiger partial charge >= 0.3 is 11.9 Å². The van der Waals surface area contributed by atoms with Gasteiger partial charge in [0.25, 0.3) is 0 Å². The molecule has 1 fully saturated rings. The first-order chi connectivity index (χ1) is 29.8. The number of aliphatic hydroxyl groups excluding tert-OH is 3. The summed E-state index contributed by atoms with van der Waals surface area (Å²) < 4.78 is 12.6. The molecule has 11 heteroatoms. The van der Waals surface area contributed by atoms with Crippen molar-refractivity contribution in [3.8, 4) is 23.3 Å². The number of phenolic OH excluding ortho intramolecular Hbond substituents is 1. The van der Waals surface area contributed by atoms with Gasteiger partial charge in [0, 0.05) is 60.0 Å². The topological polar surface area (TPSA) is 183 Å². The van der Waals surface area contributed by atoms with E-state index in [1.165, 1.54) is 0 Å². The lowest BCUT2D eigenvalue weighted by atomic mass is 9.66. The van der Waals surface area contributed by atoms with Gasteiger partial charge < -0.3 is 40.3 Å². The molecule has 2 aliphatic carbocycles. The molecule has 0 radical (unpaired) electrons. The molecule has 11 nitrogen and oxygen atoms in total. The van der Waals surface area contributed by atoms with Crippen LogP contribution >= 0.6 is 0 Å². The number of anilines is 1. The predicted molar refractivity (Wildman–Crippen MR) is 233 cm³/mol. The largest absolute Gasteiger partial charge is 0.507 e. The summed E-state index contributed by atoms with van der Waals surface area (Å²) in [6, 6.07) is 13.5. The van der Waals surface area contributed by atoms with Crippen LogP contribution in [-0.2, 0) is 57.8 Å². The molecule has 62 heavy (non-hydrogen) atoms. The number of Topliss-reactive ketones (excluding diaryl/α,β-unsaturated/α-hetero) is 1. The second kappa shape index (κ2) is 18.0. The van der Waals surface area contributed by atoms with E-state index in [1.807, 2.05) is 26.0 Å². The lowest BCUT2D eigenvalue weighted by Crippen LogP contribution is -2.54. The van der Waals surface area contributed by atoms with Gasteiger partial charge in [0.15, 0.2) is 0 Å². The summed E-state index contributed by atoms with van der Waals surface area (Å²) in [5.41, 5.74) is 5.48. The molecule has 8 atom stereocenters. The number of rotatable bonds is 8. The maximum absolute atomic E-state index is 15.4. The number of hydrogen-bond donors (Lipinski definition) is 6. The van der Waals surface area contributed by atoms with Crippen molar-refractivity contribution in [2.24, 2.45) is 11.8 Å². The minimum atomic E-state index is -1.62. The number of ketones is 1. The minimum Gasteiger partial charge on any atom is -0.507 e. The van der Waals surface area contributed by atoms with Crippen LogP contribution in [0.1, 0.15) is 128 Å². The zero-order chi connectivity index (χ0) is 43.9. The van der Waals surface area contributed by atoms with Crippen LogP contribution in [0.3, 0.4) is 0 Å². The van der Waals surface area contributed by atoms with E-state index in [-0.39, 0.29) is 80.4 Å². The number of nitrogens with one attached hydrogen (secondary N) is 1. The Morgan fingerprint density at radius 3 is 2.48 bits per heavy atom. The van der Waals surface area contributed by atoms with E-state index in [4.69, 9.17) is 9.47 Å². The van der Waals surface area contributed by atoms with Gasteiger partial charge in [0.05, 0.1) is 31.2 Å². The summed E-state index contributed by atoms with van der Waals surface area (Å²) in [6.45, 7) is 5.45. The third-order valence-electron chi connectivity index (χ3n) is 14.0. The summed E-state index contributed by atoms with van der Waals surface area (Å²) in [5.74, 6) is 3.79. The Morgan fingerprint density at radius 2 is 1.73 bits per heavy atom. The molecular formula is C51H59NO10. The Hall–Kier alpha value is -4.99. The van der Waals surface area contributed by atoms with Crippen molar-refractivity contribution in [1.82, 2.24) is 0 Å². The van der Waals surface area contributed by atoms with Gasteiger partial charge in [-0.05, 0) is 121 Å². The lowest BCUT2D eigenvalue weighted by molar-refractivity contribution is -0.176. The number of phenols is 1. The SMILES string of the molecule is CCCC1(O)C2CCC(=O)C(Cc3ccc4c(c3)CC(O)C(=C3CC(c5cc(CO)cc(NCC(C)O)c5)C#CC5CC(=O)Oc6c5cc(c(O)c6CC)CC1OC3=O)CC4)C2. The van der Waals surface area contributed by atoms with Crippen LogP contribution in [0.15, 0.2) is 53.6 Å². The first-order valence-electron chi connectivity index (χ1n) is 22.5. The van der Waals surface area contributed by atoms with Crippen LogP contribution in [-0.4, -0.2) is 73.7 Å². The first-order valence-corrected chi connectivity index (χ1v) is 22.5. The van der Waals surface area contributed by atoms with Crippen LogP contribution in [0, 0.1) is 23.7 Å². The Bertz CT molecular complexity index is 2350. The van der Waals surface area contributed by atoms with Gasteiger partial charge in [0.2, 0.25) is 0 Å². The predicted octanol–water partition coefficient (Wildman–Crippen LogP) is 6.20. The van der Waals surface area contributed by atoms with Gasteiger partial charge in [-0.25, -0.2) is 4.79 Å². The van der Waals surface area contributed by atoms with E-state index in [1.54, 1.807) is 19.1 Å². The third kappa shape index (κ3) is 8.67. The molecule has 3 aromatic carbocycles. The molecule has 3 heterocycles. The summed E-state index contributed by atoms with van der Waals surface area (Å²) in [7, 11) is 0. The maximum atomic E-state index is 15.4. The number of aromatic hydroxyl groups is 1. The summed E-state index contributed by atoms with van der Waals surface area (Å²) in [4.78, 5) is 42.4. The molecule has 328 valence electrons. The van der Waals surface area contributed by atoms with Crippen LogP contribution in [0.25, 0.3) is 0 Å². The highest BCUT2D eigenvalue weighted by Gasteiger charge is 2.49. The van der Waals surface area contributed by atoms with Gasteiger partial charge in [-0.15, -0.1) is 0 Å². The smallest absolute Gasteiger partial charge is 0.334 e. The van der Waals surface area contributed by atoms with Crippen molar-refractivity contribution in [3.63, 3.8) is 0 Å². The monoisotopic (exact) mass is 845 g/mol. The minimum absolute atomic E-state index is 0.00343. The fourth-order valence-electron chi connectivity index (χ4n) is 10.8. The highest BCUT2D eigenvalue weighted by atomic mass is 16.6. The van der Waals surface area contributed by atoms with E-state index in [2.05, 4.69) is 35.4 Å². The second-order valence-corrected chi connectivity index (χ2v) is 18.3. The molecule has 0 spiro atoms. The molecule has 8 rings (SSSR count). The van der Waals surface area contributed by atoms with Gasteiger partial charge in [-0.2, -0.15) is 0 Å². The maximum Gasteiger partial charge on any atom is 0.334 e. The van der Waals surface area contributed by atoms with E-state index in [0.29, 0.717) is 84.0 Å². The highest BCUT2D eigenvalue weighted by Crippen LogP contribution is 2.47. The molecule has 0 saturated heterocycles. The van der Waals surface area contributed by atoms with Crippen molar-refractivity contribution in [2.75, 3.05) is 11.9 Å². The number of esters is 2. The number of fused-ring (bicyclic) bond motifs is 9. The van der Waals surface area contributed by atoms with E-state index in [0.717, 1.165) is 16.7 Å². The van der Waals surface area contributed by atoms with Crippen molar-refractivity contribution >= 4 is 23.4 Å². The van der Waals surface area contributed by atoms with Gasteiger partial charge in [0.1, 0.15) is 29.0 Å². The number of hydrogen-bond acceptors (Lipinski definition) is 11. The van der Waals surface area contributed by atoms with Crippen molar-refractivity contribution in [1.29, 1.82) is 0 Å². The third-order valence-corrected chi connectivity index (χ3v) is 14.0. The molecule has 1 saturated carbocycles. The highest BCUT2D eigenvalue weighted by molar-refractivity contribution is 5.90. The molecule has 3 aromatic rings. The molecule has 9 bridgehead atoms. The standard InChI is InChI=1S/C51H59NO10/c1-4-14-51(60)38-11-13-44(55)36(19-38)16-29-6-7-31-10-12-41(45(56)23-35(31)15-29)43-21-32(34-17-30(27-53)18-39(20-34)52-26-28(3)54)8-9-33-25-47(57)62-49-40(5-2)48(58)37(22-42(33)49)24-46(51)61-50(43)59/h6-7,15,17-18,20,22,28,32-33,36,38,45-46,52-54,56,58,60H,4-5,10-14,16,19,21,23-27H2,1-3H3. The molecular weight excluding hydrogens is 787 g/mol. The summed E-state index contributed by atoms with van der Waals surface area (Å²) in [6.07, 6.45) is 0.824. The molecule has 0 amide bonds. The van der Waals surface area contributed by atoms with Crippen LogP contribution in [0.4, 0.5) is 5.69 Å². The molecule has 0 aromatic heterocycles. The van der Waals surface area contributed by atoms with E-state index in [9.17, 15) is 35.1 Å². The second-order valence-electron chi connectivity index (χ2n) is 18.3. The average molecular weight is 846 g/mol. The van der Waals surface area contributed by atoms with Crippen molar-refractivity contribution < 1.29 is 49.4 Å². The zero-order valence-electron chi connectivity index (χ0n) is 36.0. The van der Waals surface area contributed by atoms with Crippen LogP contribution in [0.5, 0.6) is 11.5 Å². The van der Waals surface area contributed by atoms with Crippen molar-refractivity contribution in [3.05, 3.63) is 98.1 Å². The molecule has 5 aliphatic rings. The number of benzene rings is 3. The molecule has 8 unspecified atom stereocenters. The quantitative estimate of drug-likeness (QED) is 0.0864. The average Bonchev–Trinajstić information content (AvgIpc) is 3.40. The number of carbonyl (C=O) groups excluding carboxylic acids is 3. The Morgan fingerprint density at radius 1 is 0.919 bits per heavy atom. The number of ether oxygens (including phenoxy) is 2. The summed E-state index contributed by atoms with van der Waals surface area (Å²) >= 11 is 0. The van der Waals surface area contributed by atoms with E-state index >= 15 is 4.79 Å². The Kier molecular flexibility index (Phi) is 12.7. The zero-order valence-corrected chi connectivity index (χ0v) is 36.0. The van der Waals surface area contributed by atoms with E-state index < -0.39 is 53.6 Å². The van der Waals surface area contributed by atoms with Crippen LogP contribution in [0.2, 0.25) is 0 Å². The van der Waals surface area contributed by atoms with Crippen molar-refractivity contribution in [2.45, 2.75) is 147 Å². The first kappa shape index (κ1) is 43.7. The fourth-order valence-corrected chi connectivity index (χ4v) is 10.8. The van der Waals surface area contributed by atoms with Gasteiger partial charge in [-0.1, -0.05) is 56.4 Å².